The summed E-state index contributed by atoms with van der Waals surface area (Å²) in [6.07, 6.45) is 0.908. The number of benzene rings is 1. The minimum Gasteiger partial charge on any atom is -0.492 e. The first-order valence-corrected chi connectivity index (χ1v) is 6.24. The highest BCUT2D eigenvalue weighted by Gasteiger charge is 2.29. The lowest BCUT2D eigenvalue weighted by Crippen LogP contribution is -2.27. The summed E-state index contributed by atoms with van der Waals surface area (Å²) in [7, 11) is 8.62. The molecule has 0 bridgehead atoms. The first-order chi connectivity index (χ1) is 9.17. The number of rotatable bonds is 4. The van der Waals surface area contributed by atoms with E-state index < -0.39 is 0 Å². The molecule has 1 aliphatic rings. The van der Waals surface area contributed by atoms with Crippen LogP contribution in [0.1, 0.15) is 11.1 Å². The van der Waals surface area contributed by atoms with E-state index in [9.17, 15) is 0 Å². The highest BCUT2D eigenvalue weighted by molar-refractivity contribution is 5.85. The normalized spacial score (nSPS) is 14.1. The Kier molecular flexibility index (Phi) is 5.77. The fraction of sp³-hybridized carbons (Fsp3) is 0.571. The number of hydrogen-bond donors (Lipinski definition) is 0. The molecule has 0 radical (unpaired) electrons. The van der Waals surface area contributed by atoms with Crippen molar-refractivity contribution in [2.75, 3.05) is 42.0 Å². The molecule has 1 heterocycles. The average molecular weight is 304 g/mol. The van der Waals surface area contributed by atoms with Gasteiger partial charge < -0.3 is 23.8 Å². The molecule has 0 saturated heterocycles. The summed E-state index contributed by atoms with van der Waals surface area (Å²) in [4.78, 5) is 2.25. The third-order valence-electron chi connectivity index (χ3n) is 3.52. The van der Waals surface area contributed by atoms with Gasteiger partial charge in [-0.05, 0) is 13.5 Å². The SMILES string of the molecule is COc1c2c(c(OC)c(OC)c1OC)CN(C)CC2.Cl. The summed E-state index contributed by atoms with van der Waals surface area (Å²) >= 11 is 0. The molecule has 0 unspecified atom stereocenters. The summed E-state index contributed by atoms with van der Waals surface area (Å²) in [5.41, 5.74) is 2.26. The van der Waals surface area contributed by atoms with Crippen molar-refractivity contribution in [3.63, 3.8) is 0 Å². The zero-order chi connectivity index (χ0) is 14.0. The number of fused-ring (bicyclic) bond motifs is 1. The highest BCUT2D eigenvalue weighted by atomic mass is 35.5. The summed E-state index contributed by atoms with van der Waals surface area (Å²) in [6.45, 7) is 1.80. The van der Waals surface area contributed by atoms with Crippen molar-refractivity contribution >= 4 is 12.4 Å². The number of ether oxygens (including phenoxy) is 4. The summed E-state index contributed by atoms with van der Waals surface area (Å²) in [5.74, 6) is 2.69. The smallest absolute Gasteiger partial charge is 0.207 e. The van der Waals surface area contributed by atoms with Crippen LogP contribution in [0.3, 0.4) is 0 Å². The van der Waals surface area contributed by atoms with Crippen LogP contribution in [0.15, 0.2) is 0 Å². The third-order valence-corrected chi connectivity index (χ3v) is 3.52. The van der Waals surface area contributed by atoms with Gasteiger partial charge in [0.1, 0.15) is 0 Å². The summed E-state index contributed by atoms with van der Waals surface area (Å²) in [6, 6.07) is 0. The van der Waals surface area contributed by atoms with Crippen LogP contribution in [0.25, 0.3) is 0 Å². The molecule has 0 aliphatic carbocycles. The van der Waals surface area contributed by atoms with Crippen molar-refractivity contribution in [2.45, 2.75) is 13.0 Å². The maximum Gasteiger partial charge on any atom is 0.207 e. The average Bonchev–Trinajstić information content (AvgIpc) is 2.44. The molecule has 0 aromatic heterocycles. The Hall–Kier alpha value is -1.33. The van der Waals surface area contributed by atoms with E-state index in [-0.39, 0.29) is 12.4 Å². The van der Waals surface area contributed by atoms with E-state index in [2.05, 4.69) is 11.9 Å². The quantitative estimate of drug-likeness (QED) is 0.852. The van der Waals surface area contributed by atoms with Crippen LogP contribution >= 0.6 is 12.4 Å². The summed E-state index contributed by atoms with van der Waals surface area (Å²) < 4.78 is 22.0. The van der Waals surface area contributed by atoms with Crippen molar-refractivity contribution < 1.29 is 18.9 Å². The van der Waals surface area contributed by atoms with Crippen molar-refractivity contribution in [3.8, 4) is 23.0 Å². The molecule has 6 heteroatoms. The Morgan fingerprint density at radius 1 is 0.750 bits per heavy atom. The minimum atomic E-state index is 0. The van der Waals surface area contributed by atoms with E-state index in [1.165, 1.54) is 0 Å². The van der Waals surface area contributed by atoms with E-state index >= 15 is 0 Å². The Morgan fingerprint density at radius 2 is 1.20 bits per heavy atom. The maximum absolute atomic E-state index is 5.54. The van der Waals surface area contributed by atoms with Gasteiger partial charge in [0.05, 0.1) is 28.4 Å². The van der Waals surface area contributed by atoms with E-state index in [0.29, 0.717) is 11.5 Å². The summed E-state index contributed by atoms with van der Waals surface area (Å²) in [5, 5.41) is 0. The fourth-order valence-electron chi connectivity index (χ4n) is 2.64. The van der Waals surface area contributed by atoms with Gasteiger partial charge in [-0.3, -0.25) is 0 Å². The topological polar surface area (TPSA) is 40.2 Å². The second kappa shape index (κ2) is 6.90. The van der Waals surface area contributed by atoms with E-state index in [1.807, 2.05) is 0 Å². The van der Waals surface area contributed by atoms with Gasteiger partial charge in [0.25, 0.3) is 0 Å². The van der Waals surface area contributed by atoms with Crippen LogP contribution in [-0.2, 0) is 13.0 Å². The number of halogens is 1. The Morgan fingerprint density at radius 3 is 1.65 bits per heavy atom. The van der Waals surface area contributed by atoms with Crippen LogP contribution in [-0.4, -0.2) is 46.9 Å². The molecule has 2 rings (SSSR count). The lowest BCUT2D eigenvalue weighted by molar-refractivity contribution is 0.272. The molecule has 0 saturated carbocycles. The van der Waals surface area contributed by atoms with Gasteiger partial charge >= 0.3 is 0 Å². The molecule has 20 heavy (non-hydrogen) atoms. The largest absolute Gasteiger partial charge is 0.492 e. The maximum atomic E-state index is 5.54. The fourth-order valence-corrected chi connectivity index (χ4v) is 2.64. The molecule has 0 N–H and O–H groups in total. The third kappa shape index (κ3) is 2.60. The van der Waals surface area contributed by atoms with E-state index in [4.69, 9.17) is 18.9 Å². The zero-order valence-corrected chi connectivity index (χ0v) is 13.4. The van der Waals surface area contributed by atoms with Gasteiger partial charge in [0.15, 0.2) is 11.5 Å². The van der Waals surface area contributed by atoms with Crippen LogP contribution < -0.4 is 18.9 Å². The Labute approximate surface area is 126 Å². The van der Waals surface area contributed by atoms with Gasteiger partial charge in [-0.1, -0.05) is 0 Å². The van der Waals surface area contributed by atoms with E-state index in [0.717, 1.165) is 42.1 Å². The number of likely N-dealkylation sites (N-methyl/N-ethyl adjacent to an activating group) is 1. The molecular weight excluding hydrogens is 282 g/mol. The number of nitrogens with zero attached hydrogens (tertiary/aromatic N) is 1. The first kappa shape index (κ1) is 16.7. The number of hydrogen-bond acceptors (Lipinski definition) is 5. The molecule has 0 amide bonds. The predicted molar refractivity (Wildman–Crippen MR) is 79.9 cm³/mol. The molecule has 0 spiro atoms. The Balaban J connectivity index is 0.00000200. The standard InChI is InChI=1S/C14H21NO4.ClH/c1-15-7-6-9-10(8-15)12(17-3)14(19-5)13(18-4)11(9)16-2;/h6-8H2,1-5H3;1H. The van der Waals surface area contributed by atoms with E-state index in [1.54, 1.807) is 28.4 Å². The minimum absolute atomic E-state index is 0. The number of methoxy groups -OCH3 is 4. The first-order valence-electron chi connectivity index (χ1n) is 6.24. The molecule has 1 aliphatic heterocycles. The van der Waals surface area contributed by atoms with Gasteiger partial charge in [0, 0.05) is 24.2 Å². The highest BCUT2D eigenvalue weighted by Crippen LogP contribution is 2.50. The van der Waals surface area contributed by atoms with Crippen LogP contribution in [0.4, 0.5) is 0 Å². The monoisotopic (exact) mass is 303 g/mol. The van der Waals surface area contributed by atoms with Crippen molar-refractivity contribution in [2.24, 2.45) is 0 Å². The van der Waals surface area contributed by atoms with Gasteiger partial charge in [-0.2, -0.15) is 0 Å². The van der Waals surface area contributed by atoms with Crippen molar-refractivity contribution in [1.29, 1.82) is 0 Å². The van der Waals surface area contributed by atoms with Gasteiger partial charge in [-0.15, -0.1) is 12.4 Å². The molecule has 0 fully saturated rings. The molecule has 1 aromatic carbocycles. The lowest BCUT2D eigenvalue weighted by Gasteiger charge is -2.30. The molecular formula is C14H22ClNO4. The van der Waals surface area contributed by atoms with Crippen LogP contribution in [0.5, 0.6) is 23.0 Å². The second-order valence-electron chi connectivity index (χ2n) is 4.58. The van der Waals surface area contributed by atoms with Gasteiger partial charge in [-0.25, -0.2) is 0 Å². The van der Waals surface area contributed by atoms with Crippen molar-refractivity contribution in [3.05, 3.63) is 11.1 Å². The predicted octanol–water partition coefficient (Wildman–Crippen LogP) is 2.13. The molecule has 5 nitrogen and oxygen atoms in total. The lowest BCUT2D eigenvalue weighted by atomic mass is 9.96. The Bertz CT molecular complexity index is 454. The zero-order valence-electron chi connectivity index (χ0n) is 12.6. The second-order valence-corrected chi connectivity index (χ2v) is 4.58. The van der Waals surface area contributed by atoms with Gasteiger partial charge in [0.2, 0.25) is 11.5 Å². The van der Waals surface area contributed by atoms with Crippen LogP contribution in [0, 0.1) is 0 Å². The molecule has 0 atom stereocenters. The van der Waals surface area contributed by atoms with Crippen LogP contribution in [0.2, 0.25) is 0 Å². The molecule has 1 aromatic rings. The van der Waals surface area contributed by atoms with Crippen molar-refractivity contribution in [1.82, 2.24) is 4.90 Å². The molecule has 114 valence electrons.